The second-order valence-electron chi connectivity index (χ2n) is 13.0. The zero-order chi connectivity index (χ0) is 29.8. The maximum atomic E-state index is 13.8. The van der Waals surface area contributed by atoms with E-state index in [0.717, 1.165) is 19.3 Å². The van der Waals surface area contributed by atoms with E-state index in [-0.39, 0.29) is 30.6 Å². The van der Waals surface area contributed by atoms with E-state index in [0.29, 0.717) is 53.2 Å². The summed E-state index contributed by atoms with van der Waals surface area (Å²) in [5.41, 5.74) is 0.977. The molecule has 1 aromatic rings. The first-order valence-electron chi connectivity index (χ1n) is 15.2. The Morgan fingerprint density at radius 3 is 2.38 bits per heavy atom. The second kappa shape index (κ2) is 11.1. The van der Waals surface area contributed by atoms with Crippen molar-refractivity contribution in [3.63, 3.8) is 0 Å². The Kier molecular flexibility index (Phi) is 7.64. The SMILES string of the molecule is CCC(=O)C(=O)N(CC12CC3CC(CC(C3)C1)C2)C1C=C(C(=O)NCCO)C2c3cc(C=O)cc(OC)c3OC2C1O. The van der Waals surface area contributed by atoms with Crippen molar-refractivity contribution in [2.45, 2.75) is 76.0 Å². The van der Waals surface area contributed by atoms with Crippen LogP contribution in [0.3, 0.4) is 0 Å². The number of aliphatic hydroxyl groups excluding tert-OH is 2. The molecule has 4 unspecified atom stereocenters. The molecule has 42 heavy (non-hydrogen) atoms. The molecule has 6 aliphatic rings. The van der Waals surface area contributed by atoms with Crippen LogP contribution in [0.2, 0.25) is 0 Å². The molecule has 0 aromatic heterocycles. The van der Waals surface area contributed by atoms with Crippen LogP contribution in [0.1, 0.15) is 73.7 Å². The topological polar surface area (TPSA) is 142 Å². The van der Waals surface area contributed by atoms with Gasteiger partial charge in [0.1, 0.15) is 18.5 Å². The number of ketones is 1. The zero-order valence-electron chi connectivity index (χ0n) is 24.2. The number of fused-ring (bicyclic) bond motifs is 3. The summed E-state index contributed by atoms with van der Waals surface area (Å²) in [5, 5.41) is 24.0. The molecule has 4 fully saturated rings. The highest BCUT2D eigenvalue weighted by Crippen LogP contribution is 2.60. The van der Waals surface area contributed by atoms with Gasteiger partial charge in [-0.05, 0) is 79.9 Å². The number of amides is 2. The maximum Gasteiger partial charge on any atom is 0.290 e. The third-order valence-electron chi connectivity index (χ3n) is 10.3. The molecule has 4 bridgehead atoms. The van der Waals surface area contributed by atoms with Crippen molar-refractivity contribution in [2.75, 3.05) is 26.8 Å². The number of carbonyl (C=O) groups excluding carboxylic acids is 4. The second-order valence-corrected chi connectivity index (χ2v) is 13.0. The van der Waals surface area contributed by atoms with E-state index in [2.05, 4.69) is 5.32 Å². The van der Waals surface area contributed by atoms with E-state index in [1.165, 1.54) is 37.3 Å². The number of hydrogen-bond donors (Lipinski definition) is 3. The van der Waals surface area contributed by atoms with Gasteiger partial charge in [-0.25, -0.2) is 0 Å². The number of Topliss-reactive ketones (excluding diaryl/α,β-unsaturated/α-hetero) is 1. The molecule has 0 saturated heterocycles. The van der Waals surface area contributed by atoms with Gasteiger partial charge in [0.25, 0.3) is 5.91 Å². The molecule has 5 aliphatic carbocycles. The number of hydrogen-bond acceptors (Lipinski definition) is 8. The number of nitrogens with zero attached hydrogens (tertiary/aromatic N) is 1. The average Bonchev–Trinajstić information content (AvgIpc) is 3.37. The van der Waals surface area contributed by atoms with Gasteiger partial charge in [-0.1, -0.05) is 6.92 Å². The summed E-state index contributed by atoms with van der Waals surface area (Å²) in [7, 11) is 1.45. The number of benzene rings is 1. The van der Waals surface area contributed by atoms with Gasteiger partial charge in [0.05, 0.1) is 25.7 Å². The van der Waals surface area contributed by atoms with Crippen LogP contribution >= 0.6 is 0 Å². The number of nitrogens with one attached hydrogen (secondary N) is 1. The maximum absolute atomic E-state index is 13.8. The highest BCUT2D eigenvalue weighted by molar-refractivity contribution is 6.36. The van der Waals surface area contributed by atoms with E-state index in [4.69, 9.17) is 9.47 Å². The molecule has 1 aliphatic heterocycles. The van der Waals surface area contributed by atoms with Gasteiger partial charge < -0.3 is 29.9 Å². The fourth-order valence-electron chi connectivity index (χ4n) is 9.03. The fraction of sp³-hybridized carbons (Fsp3) is 0.625. The summed E-state index contributed by atoms with van der Waals surface area (Å²) in [5.74, 6) is 0.0617. The summed E-state index contributed by atoms with van der Waals surface area (Å²) in [6.45, 7) is 1.73. The molecule has 2 amide bonds. The van der Waals surface area contributed by atoms with Crippen molar-refractivity contribution in [1.29, 1.82) is 0 Å². The monoisotopic (exact) mass is 580 g/mol. The summed E-state index contributed by atoms with van der Waals surface area (Å²) in [4.78, 5) is 53.5. The average molecular weight is 581 g/mol. The van der Waals surface area contributed by atoms with E-state index in [9.17, 15) is 29.4 Å². The Bertz CT molecular complexity index is 1290. The van der Waals surface area contributed by atoms with E-state index >= 15 is 0 Å². The number of ether oxygens (including phenoxy) is 2. The van der Waals surface area contributed by atoms with Crippen molar-refractivity contribution in [1.82, 2.24) is 10.2 Å². The van der Waals surface area contributed by atoms with Crippen LogP contribution in [0.4, 0.5) is 0 Å². The van der Waals surface area contributed by atoms with Gasteiger partial charge in [0.2, 0.25) is 11.7 Å². The molecule has 7 rings (SSSR count). The Morgan fingerprint density at radius 1 is 1.14 bits per heavy atom. The molecule has 226 valence electrons. The lowest BCUT2D eigenvalue weighted by Gasteiger charge is -2.58. The highest BCUT2D eigenvalue weighted by atomic mass is 16.5. The van der Waals surface area contributed by atoms with Crippen LogP contribution < -0.4 is 14.8 Å². The molecular weight excluding hydrogens is 540 g/mol. The van der Waals surface area contributed by atoms with Crippen LogP contribution in [0.15, 0.2) is 23.8 Å². The van der Waals surface area contributed by atoms with Gasteiger partial charge in [-0.3, -0.25) is 19.2 Å². The van der Waals surface area contributed by atoms with Crippen LogP contribution in [-0.2, 0) is 14.4 Å². The molecule has 10 nitrogen and oxygen atoms in total. The molecule has 3 N–H and O–H groups in total. The van der Waals surface area contributed by atoms with Gasteiger partial charge in [0, 0.05) is 36.2 Å². The lowest BCUT2D eigenvalue weighted by atomic mass is 9.49. The first kappa shape index (κ1) is 28.9. The van der Waals surface area contributed by atoms with Gasteiger partial charge >= 0.3 is 0 Å². The Labute approximate surface area is 245 Å². The quantitative estimate of drug-likeness (QED) is 0.282. The summed E-state index contributed by atoms with van der Waals surface area (Å²) >= 11 is 0. The van der Waals surface area contributed by atoms with Crippen LogP contribution in [0, 0.1) is 23.2 Å². The predicted molar refractivity (Wildman–Crippen MR) is 151 cm³/mol. The molecule has 0 spiro atoms. The van der Waals surface area contributed by atoms with Crippen molar-refractivity contribution in [3.05, 3.63) is 34.9 Å². The van der Waals surface area contributed by atoms with E-state index < -0.39 is 41.8 Å². The third kappa shape index (κ3) is 4.82. The number of aliphatic hydroxyl groups is 2. The highest BCUT2D eigenvalue weighted by Gasteiger charge is 2.55. The number of rotatable bonds is 10. The first-order valence-corrected chi connectivity index (χ1v) is 15.2. The lowest BCUT2D eigenvalue weighted by Crippen LogP contribution is -2.60. The predicted octanol–water partition coefficient (Wildman–Crippen LogP) is 2.15. The third-order valence-corrected chi connectivity index (χ3v) is 10.3. The standard InChI is InChI=1S/C32H40N2O8/c1-3-24(37)31(40)34(16-32-12-17-6-18(13-32)8-19(7-17)14-32)23-11-22(30(39)33-4-5-35)26-21-9-20(15-36)10-25(41-2)28(21)42-29(26)27(23)38/h9-11,15,17-19,23,26-27,29,35,38H,3-8,12-14,16H2,1-2H3,(H,33,39). The van der Waals surface area contributed by atoms with Crippen molar-refractivity contribution in [3.8, 4) is 11.5 Å². The summed E-state index contributed by atoms with van der Waals surface area (Å²) < 4.78 is 11.8. The summed E-state index contributed by atoms with van der Waals surface area (Å²) in [6.07, 6.45) is 6.75. The summed E-state index contributed by atoms with van der Waals surface area (Å²) in [6, 6.07) is 2.17. The number of methoxy groups -OCH3 is 1. The number of aldehydes is 1. The molecular formula is C32H40N2O8. The Balaban J connectivity index is 1.43. The minimum atomic E-state index is -1.26. The Morgan fingerprint density at radius 2 is 1.81 bits per heavy atom. The smallest absolute Gasteiger partial charge is 0.290 e. The Hall–Kier alpha value is -3.24. The molecule has 10 heteroatoms. The fourth-order valence-corrected chi connectivity index (χ4v) is 9.03. The van der Waals surface area contributed by atoms with Crippen molar-refractivity contribution >= 4 is 23.9 Å². The normalized spacial score (nSPS) is 33.6. The van der Waals surface area contributed by atoms with Gasteiger partial charge in [-0.15, -0.1) is 0 Å². The van der Waals surface area contributed by atoms with Crippen molar-refractivity contribution < 1.29 is 38.9 Å². The molecule has 1 aromatic carbocycles. The lowest BCUT2D eigenvalue weighted by molar-refractivity contribution is -0.153. The molecule has 0 radical (unpaired) electrons. The first-order chi connectivity index (χ1) is 20.2. The van der Waals surface area contributed by atoms with E-state index in [1.54, 1.807) is 19.1 Å². The van der Waals surface area contributed by atoms with Crippen LogP contribution in [0.5, 0.6) is 11.5 Å². The van der Waals surface area contributed by atoms with Crippen molar-refractivity contribution in [2.24, 2.45) is 23.2 Å². The van der Waals surface area contributed by atoms with Crippen LogP contribution in [-0.4, -0.2) is 84.1 Å². The van der Waals surface area contributed by atoms with Crippen LogP contribution in [0.25, 0.3) is 0 Å². The minimum Gasteiger partial charge on any atom is -0.493 e. The van der Waals surface area contributed by atoms with E-state index in [1.807, 2.05) is 0 Å². The largest absolute Gasteiger partial charge is 0.493 e. The zero-order valence-corrected chi connectivity index (χ0v) is 24.2. The minimum absolute atomic E-state index is 0.0104. The molecule has 1 heterocycles. The van der Waals surface area contributed by atoms with Gasteiger partial charge in [0.15, 0.2) is 11.5 Å². The van der Waals surface area contributed by atoms with Gasteiger partial charge in [-0.2, -0.15) is 0 Å². The molecule has 4 saturated carbocycles. The number of carbonyl (C=O) groups is 4. The molecule has 4 atom stereocenters.